The molecule has 2 aromatic rings. The van der Waals surface area contributed by atoms with Crippen LogP contribution in [0.2, 0.25) is 0 Å². The van der Waals surface area contributed by atoms with E-state index in [0.29, 0.717) is 0 Å². The monoisotopic (exact) mass is 252 g/mol. The molecule has 3 heteroatoms. The minimum atomic E-state index is -0.497. The molecule has 2 nitrogen and oxygen atoms in total. The largest absolute Gasteiger partial charge is 0.624 e. The number of benzene rings is 2. The molecule has 96 valence electrons. The Morgan fingerprint density at radius 2 is 1.37 bits per heavy atom. The van der Waals surface area contributed by atoms with E-state index in [4.69, 9.17) is 9.31 Å². The first-order chi connectivity index (χ1) is 9.17. The lowest BCUT2D eigenvalue weighted by molar-refractivity contribution is 0.437. The predicted octanol–water partition coefficient (Wildman–Crippen LogP) is 3.97. The van der Waals surface area contributed by atoms with Crippen LogP contribution in [-0.2, 0) is 0 Å². The van der Waals surface area contributed by atoms with Crippen LogP contribution in [0.4, 0.5) is 0 Å². The zero-order valence-electron chi connectivity index (χ0n) is 11.3. The van der Waals surface area contributed by atoms with Gasteiger partial charge in [-0.15, -0.1) is 6.58 Å². The van der Waals surface area contributed by atoms with Gasteiger partial charge >= 0.3 is 7.12 Å². The van der Waals surface area contributed by atoms with Gasteiger partial charge in [0.2, 0.25) is 0 Å². The fourth-order valence-electron chi connectivity index (χ4n) is 1.77. The Balaban J connectivity index is 2.06. The van der Waals surface area contributed by atoms with E-state index < -0.39 is 7.12 Å². The molecule has 19 heavy (non-hydrogen) atoms. The van der Waals surface area contributed by atoms with Crippen LogP contribution in [0.25, 0.3) is 0 Å². The van der Waals surface area contributed by atoms with Gasteiger partial charge in [0.15, 0.2) is 0 Å². The average Bonchev–Trinajstić information content (AvgIpc) is 2.38. The molecule has 0 saturated heterocycles. The second kappa shape index (κ2) is 6.14. The first kappa shape index (κ1) is 13.3. The quantitative estimate of drug-likeness (QED) is 0.749. The third kappa shape index (κ3) is 3.92. The van der Waals surface area contributed by atoms with Crippen molar-refractivity contribution in [1.82, 2.24) is 0 Å². The minimum Gasteiger partial charge on any atom is -0.522 e. The maximum absolute atomic E-state index is 5.75. The Bertz CT molecular complexity index is 519. The van der Waals surface area contributed by atoms with Crippen LogP contribution in [0.5, 0.6) is 11.5 Å². The smallest absolute Gasteiger partial charge is 0.522 e. The van der Waals surface area contributed by atoms with Crippen LogP contribution in [0.1, 0.15) is 11.1 Å². The van der Waals surface area contributed by atoms with Gasteiger partial charge in [-0.3, -0.25) is 0 Å². The van der Waals surface area contributed by atoms with Gasteiger partial charge in [-0.2, -0.15) is 0 Å². The second-order valence-corrected chi connectivity index (χ2v) is 4.47. The Labute approximate surface area is 114 Å². The SMILES string of the molecule is C=CB(Oc1cccc(C)c1)Oc1cccc(C)c1. The standard InChI is InChI=1S/C16H17BO2/c1-4-17(18-15-9-5-7-13(2)11-15)19-16-10-6-8-14(3)12-16/h4-12H,1H2,2-3H3. The number of hydrogen-bond donors (Lipinski definition) is 0. The zero-order chi connectivity index (χ0) is 13.7. The Hall–Kier alpha value is -2.16. The minimum absolute atomic E-state index is 0.497. The molecule has 0 bridgehead atoms. The van der Waals surface area contributed by atoms with E-state index in [1.165, 1.54) is 0 Å². The van der Waals surface area contributed by atoms with E-state index in [0.717, 1.165) is 22.6 Å². The summed E-state index contributed by atoms with van der Waals surface area (Å²) in [6, 6.07) is 15.7. The normalized spacial score (nSPS) is 9.79. The van der Waals surface area contributed by atoms with Crippen molar-refractivity contribution in [3.05, 3.63) is 72.2 Å². The van der Waals surface area contributed by atoms with Crippen LogP contribution in [-0.4, -0.2) is 7.12 Å². The summed E-state index contributed by atoms with van der Waals surface area (Å²) in [5.41, 5.74) is 2.30. The predicted molar refractivity (Wildman–Crippen MR) is 79.6 cm³/mol. The van der Waals surface area contributed by atoms with E-state index in [1.54, 1.807) is 5.98 Å². The maximum Gasteiger partial charge on any atom is 0.624 e. The van der Waals surface area contributed by atoms with Crippen LogP contribution in [0, 0.1) is 13.8 Å². The molecule has 2 aromatic carbocycles. The molecule has 0 N–H and O–H groups in total. The fourth-order valence-corrected chi connectivity index (χ4v) is 1.77. The van der Waals surface area contributed by atoms with Crippen LogP contribution < -0.4 is 9.31 Å². The molecule has 0 fully saturated rings. The number of aryl methyl sites for hydroxylation is 2. The molecular formula is C16H17BO2. The first-order valence-electron chi connectivity index (χ1n) is 6.26. The molecule has 0 unspecified atom stereocenters. The highest BCUT2D eigenvalue weighted by atomic mass is 16.6. The lowest BCUT2D eigenvalue weighted by Crippen LogP contribution is -2.27. The fraction of sp³-hybridized carbons (Fsp3) is 0.125. The van der Waals surface area contributed by atoms with E-state index >= 15 is 0 Å². The van der Waals surface area contributed by atoms with Crippen molar-refractivity contribution in [3.8, 4) is 11.5 Å². The molecule has 0 spiro atoms. The molecule has 0 atom stereocenters. The van der Waals surface area contributed by atoms with Crippen molar-refractivity contribution >= 4 is 7.12 Å². The summed E-state index contributed by atoms with van der Waals surface area (Å²) >= 11 is 0. The van der Waals surface area contributed by atoms with Crippen LogP contribution in [0.3, 0.4) is 0 Å². The Morgan fingerprint density at radius 3 is 1.74 bits per heavy atom. The molecule has 0 saturated carbocycles. The molecule has 0 aliphatic heterocycles. The molecule has 2 rings (SSSR count). The topological polar surface area (TPSA) is 18.5 Å². The summed E-state index contributed by atoms with van der Waals surface area (Å²) in [7, 11) is -0.497. The first-order valence-corrected chi connectivity index (χ1v) is 6.26. The van der Waals surface area contributed by atoms with Gasteiger partial charge in [0.25, 0.3) is 0 Å². The summed E-state index contributed by atoms with van der Waals surface area (Å²) < 4.78 is 11.5. The highest BCUT2D eigenvalue weighted by Gasteiger charge is 2.18. The summed E-state index contributed by atoms with van der Waals surface area (Å²) in [6.07, 6.45) is 0. The van der Waals surface area contributed by atoms with Crippen molar-refractivity contribution in [2.24, 2.45) is 0 Å². The van der Waals surface area contributed by atoms with Crippen molar-refractivity contribution < 1.29 is 9.31 Å². The van der Waals surface area contributed by atoms with Crippen molar-refractivity contribution in [3.63, 3.8) is 0 Å². The summed E-state index contributed by atoms with van der Waals surface area (Å²) in [5.74, 6) is 3.19. The summed E-state index contributed by atoms with van der Waals surface area (Å²) in [6.45, 7) is 7.80. The van der Waals surface area contributed by atoms with E-state index in [1.807, 2.05) is 62.4 Å². The lowest BCUT2D eigenvalue weighted by Gasteiger charge is -2.14. The third-order valence-corrected chi connectivity index (χ3v) is 2.68. The highest BCUT2D eigenvalue weighted by molar-refractivity contribution is 6.52. The van der Waals surface area contributed by atoms with Crippen LogP contribution in [0.15, 0.2) is 61.1 Å². The van der Waals surface area contributed by atoms with Gasteiger partial charge in [0, 0.05) is 0 Å². The van der Waals surface area contributed by atoms with Gasteiger partial charge in [-0.25, -0.2) is 0 Å². The number of hydrogen-bond acceptors (Lipinski definition) is 2. The van der Waals surface area contributed by atoms with Gasteiger partial charge < -0.3 is 9.31 Å². The average molecular weight is 252 g/mol. The molecule has 0 aliphatic rings. The van der Waals surface area contributed by atoms with Gasteiger partial charge in [0.05, 0.1) is 0 Å². The van der Waals surface area contributed by atoms with Gasteiger partial charge in [-0.05, 0) is 55.2 Å². The van der Waals surface area contributed by atoms with Crippen LogP contribution >= 0.6 is 0 Å². The zero-order valence-corrected chi connectivity index (χ0v) is 11.3. The molecule has 0 aromatic heterocycles. The second-order valence-electron chi connectivity index (χ2n) is 4.47. The maximum atomic E-state index is 5.75. The van der Waals surface area contributed by atoms with Crippen molar-refractivity contribution in [2.75, 3.05) is 0 Å². The van der Waals surface area contributed by atoms with E-state index in [2.05, 4.69) is 6.58 Å². The van der Waals surface area contributed by atoms with E-state index in [9.17, 15) is 0 Å². The molecular weight excluding hydrogens is 235 g/mol. The molecule has 0 heterocycles. The van der Waals surface area contributed by atoms with Gasteiger partial charge in [-0.1, -0.05) is 24.3 Å². The molecule has 0 amide bonds. The van der Waals surface area contributed by atoms with Crippen molar-refractivity contribution in [1.29, 1.82) is 0 Å². The lowest BCUT2D eigenvalue weighted by atomic mass is 9.90. The molecule has 0 radical (unpaired) electrons. The third-order valence-electron chi connectivity index (χ3n) is 2.68. The Morgan fingerprint density at radius 1 is 0.895 bits per heavy atom. The van der Waals surface area contributed by atoms with Gasteiger partial charge in [0.1, 0.15) is 11.5 Å². The summed E-state index contributed by atoms with van der Waals surface area (Å²) in [5, 5.41) is 0. The summed E-state index contributed by atoms with van der Waals surface area (Å²) in [4.78, 5) is 0. The number of rotatable bonds is 5. The Kier molecular flexibility index (Phi) is 4.29. The van der Waals surface area contributed by atoms with Crippen molar-refractivity contribution in [2.45, 2.75) is 13.8 Å². The highest BCUT2D eigenvalue weighted by Crippen LogP contribution is 2.17. The molecule has 0 aliphatic carbocycles. The van der Waals surface area contributed by atoms with E-state index in [-0.39, 0.29) is 0 Å².